The number of aromatic nitrogens is 1. The molecule has 0 fully saturated rings. The zero-order chi connectivity index (χ0) is 13.5. The number of aryl methyl sites for hydroxylation is 1. The minimum Gasteiger partial charge on any atom is -0.325 e. The van der Waals surface area contributed by atoms with Gasteiger partial charge in [-0.15, -0.1) is 0 Å². The number of nitrogens with zero attached hydrogens (tertiary/aromatic N) is 1. The Hall–Kier alpha value is -1.91. The summed E-state index contributed by atoms with van der Waals surface area (Å²) in [6.07, 6.45) is 3.28. The number of anilines is 2. The lowest BCUT2D eigenvalue weighted by atomic mass is 10.2. The molecule has 0 unspecified atom stereocenters. The number of amides is 2. The summed E-state index contributed by atoms with van der Waals surface area (Å²) in [5, 5.41) is 5.47. The van der Waals surface area contributed by atoms with Crippen LogP contribution in [0.5, 0.6) is 0 Å². The first-order valence-corrected chi connectivity index (χ1v) is 6.13. The van der Waals surface area contributed by atoms with Crippen molar-refractivity contribution in [2.75, 3.05) is 10.6 Å². The lowest BCUT2D eigenvalue weighted by Gasteiger charge is -2.09. The van der Waals surface area contributed by atoms with Crippen molar-refractivity contribution in [2.45, 2.75) is 40.0 Å². The Morgan fingerprint density at radius 2 is 1.94 bits per heavy atom. The number of carbonyl (C=O) groups is 2. The Morgan fingerprint density at radius 3 is 2.50 bits per heavy atom. The van der Waals surface area contributed by atoms with Gasteiger partial charge >= 0.3 is 0 Å². The van der Waals surface area contributed by atoms with E-state index in [2.05, 4.69) is 15.6 Å². The van der Waals surface area contributed by atoms with Crippen molar-refractivity contribution >= 4 is 23.3 Å². The number of rotatable bonds is 5. The molecule has 0 aromatic carbocycles. The van der Waals surface area contributed by atoms with Crippen LogP contribution in [0.15, 0.2) is 12.3 Å². The van der Waals surface area contributed by atoms with Crippen LogP contribution >= 0.6 is 0 Å². The van der Waals surface area contributed by atoms with Crippen LogP contribution in [0.2, 0.25) is 0 Å². The molecule has 1 aromatic heterocycles. The van der Waals surface area contributed by atoms with Crippen LogP contribution in [-0.2, 0) is 9.59 Å². The number of hydrogen-bond donors (Lipinski definition) is 2. The minimum absolute atomic E-state index is 0.0206. The number of carbonyl (C=O) groups excluding carboxylic acids is 2. The van der Waals surface area contributed by atoms with Crippen LogP contribution in [0.25, 0.3) is 0 Å². The molecule has 1 rings (SSSR count). The highest BCUT2D eigenvalue weighted by Crippen LogP contribution is 2.17. The molecule has 2 amide bonds. The van der Waals surface area contributed by atoms with Gasteiger partial charge in [0.25, 0.3) is 0 Å². The first-order chi connectivity index (χ1) is 8.56. The molecule has 0 radical (unpaired) electrons. The summed E-state index contributed by atoms with van der Waals surface area (Å²) in [6, 6.07) is 1.75. The van der Waals surface area contributed by atoms with Crippen LogP contribution in [0.4, 0.5) is 11.5 Å². The van der Waals surface area contributed by atoms with Crippen molar-refractivity contribution in [1.82, 2.24) is 4.98 Å². The highest BCUT2D eigenvalue weighted by Gasteiger charge is 2.06. The molecule has 1 aromatic rings. The summed E-state index contributed by atoms with van der Waals surface area (Å²) < 4.78 is 0. The van der Waals surface area contributed by atoms with Gasteiger partial charge in [-0.25, -0.2) is 4.98 Å². The summed E-state index contributed by atoms with van der Waals surface area (Å²) in [5.74, 6) is 0.408. The number of pyridine rings is 1. The maximum Gasteiger partial charge on any atom is 0.225 e. The average molecular weight is 249 g/mol. The molecule has 0 spiro atoms. The summed E-state index contributed by atoms with van der Waals surface area (Å²) in [6.45, 7) is 5.60. The monoisotopic (exact) mass is 249 g/mol. The van der Waals surface area contributed by atoms with Gasteiger partial charge in [-0.2, -0.15) is 0 Å². The van der Waals surface area contributed by atoms with Gasteiger partial charge in [0.05, 0.1) is 11.9 Å². The maximum absolute atomic E-state index is 11.5. The summed E-state index contributed by atoms with van der Waals surface area (Å²) >= 11 is 0. The second kappa shape index (κ2) is 6.74. The van der Waals surface area contributed by atoms with Crippen LogP contribution in [0.1, 0.15) is 38.7 Å². The standard InChI is InChI=1S/C13H19N3O2/c1-4-6-13(18)15-10-8-14-11(7-9(10)3)16-12(17)5-2/h7-8H,4-6H2,1-3H3,(H,15,18)(H,14,16,17). The first-order valence-electron chi connectivity index (χ1n) is 6.13. The molecular weight excluding hydrogens is 230 g/mol. The Balaban J connectivity index is 2.73. The number of hydrogen-bond acceptors (Lipinski definition) is 3. The van der Waals surface area contributed by atoms with Gasteiger partial charge in [0.15, 0.2) is 0 Å². The van der Waals surface area contributed by atoms with Crippen LogP contribution in [0, 0.1) is 6.92 Å². The topological polar surface area (TPSA) is 71.1 Å². The highest BCUT2D eigenvalue weighted by molar-refractivity contribution is 5.92. The SMILES string of the molecule is CCCC(=O)Nc1cnc(NC(=O)CC)cc1C. The van der Waals surface area contributed by atoms with Gasteiger partial charge in [0.2, 0.25) is 11.8 Å². The fraction of sp³-hybridized carbons (Fsp3) is 0.462. The third kappa shape index (κ3) is 4.16. The zero-order valence-corrected chi connectivity index (χ0v) is 11.0. The fourth-order valence-electron chi connectivity index (χ4n) is 1.43. The van der Waals surface area contributed by atoms with E-state index in [1.165, 1.54) is 0 Å². The molecule has 5 heteroatoms. The molecule has 98 valence electrons. The van der Waals surface area contributed by atoms with E-state index in [1.54, 1.807) is 19.2 Å². The second-order valence-electron chi connectivity index (χ2n) is 4.08. The summed E-state index contributed by atoms with van der Waals surface area (Å²) in [4.78, 5) is 26.8. The largest absolute Gasteiger partial charge is 0.325 e. The van der Waals surface area contributed by atoms with E-state index in [0.29, 0.717) is 24.3 Å². The zero-order valence-electron chi connectivity index (χ0n) is 11.0. The van der Waals surface area contributed by atoms with Crippen molar-refractivity contribution in [3.05, 3.63) is 17.8 Å². The van der Waals surface area contributed by atoms with E-state index >= 15 is 0 Å². The molecule has 0 saturated heterocycles. The molecule has 0 aliphatic heterocycles. The lowest BCUT2D eigenvalue weighted by Crippen LogP contribution is -2.14. The van der Waals surface area contributed by atoms with E-state index < -0.39 is 0 Å². The quantitative estimate of drug-likeness (QED) is 0.842. The third-order valence-electron chi connectivity index (χ3n) is 2.45. The van der Waals surface area contributed by atoms with Gasteiger partial charge in [-0.1, -0.05) is 13.8 Å². The van der Waals surface area contributed by atoms with Crippen LogP contribution in [0.3, 0.4) is 0 Å². The van der Waals surface area contributed by atoms with Gasteiger partial charge in [0.1, 0.15) is 5.82 Å². The average Bonchev–Trinajstić information content (AvgIpc) is 2.33. The van der Waals surface area contributed by atoms with Gasteiger partial charge in [0, 0.05) is 12.8 Å². The van der Waals surface area contributed by atoms with Gasteiger partial charge in [-0.05, 0) is 25.0 Å². The summed E-state index contributed by atoms with van der Waals surface area (Å²) in [7, 11) is 0. The first kappa shape index (κ1) is 14.2. The third-order valence-corrected chi connectivity index (χ3v) is 2.45. The predicted molar refractivity (Wildman–Crippen MR) is 71.4 cm³/mol. The van der Waals surface area contributed by atoms with Crippen molar-refractivity contribution in [3.63, 3.8) is 0 Å². The molecule has 0 aliphatic carbocycles. The molecule has 5 nitrogen and oxygen atoms in total. The van der Waals surface area contributed by atoms with Crippen LogP contribution < -0.4 is 10.6 Å². The molecule has 1 heterocycles. The number of nitrogens with one attached hydrogen (secondary N) is 2. The van der Waals surface area contributed by atoms with E-state index in [9.17, 15) is 9.59 Å². The van der Waals surface area contributed by atoms with Crippen molar-refractivity contribution in [1.29, 1.82) is 0 Å². The van der Waals surface area contributed by atoms with E-state index in [4.69, 9.17) is 0 Å². The second-order valence-corrected chi connectivity index (χ2v) is 4.08. The lowest BCUT2D eigenvalue weighted by molar-refractivity contribution is -0.116. The molecule has 0 aliphatic rings. The van der Waals surface area contributed by atoms with Crippen LogP contribution in [-0.4, -0.2) is 16.8 Å². The van der Waals surface area contributed by atoms with Crippen molar-refractivity contribution < 1.29 is 9.59 Å². The summed E-state index contributed by atoms with van der Waals surface area (Å²) in [5.41, 5.74) is 1.56. The Kier molecular flexibility index (Phi) is 5.30. The molecule has 2 N–H and O–H groups in total. The molecule has 18 heavy (non-hydrogen) atoms. The fourth-order valence-corrected chi connectivity index (χ4v) is 1.43. The minimum atomic E-state index is -0.0790. The molecule has 0 bridgehead atoms. The Labute approximate surface area is 107 Å². The molecule has 0 saturated carbocycles. The Bertz CT molecular complexity index is 444. The highest BCUT2D eigenvalue weighted by atomic mass is 16.2. The van der Waals surface area contributed by atoms with Gasteiger partial charge in [-0.3, -0.25) is 9.59 Å². The van der Waals surface area contributed by atoms with Crippen molar-refractivity contribution in [2.24, 2.45) is 0 Å². The van der Waals surface area contributed by atoms with E-state index in [0.717, 1.165) is 12.0 Å². The van der Waals surface area contributed by atoms with E-state index in [-0.39, 0.29) is 11.8 Å². The molecular formula is C13H19N3O2. The molecule has 0 atom stereocenters. The Morgan fingerprint density at radius 1 is 1.22 bits per heavy atom. The van der Waals surface area contributed by atoms with Gasteiger partial charge < -0.3 is 10.6 Å². The maximum atomic E-state index is 11.5. The van der Waals surface area contributed by atoms with E-state index in [1.807, 2.05) is 13.8 Å². The van der Waals surface area contributed by atoms with Crippen molar-refractivity contribution in [3.8, 4) is 0 Å². The normalized spacial score (nSPS) is 9.94. The smallest absolute Gasteiger partial charge is 0.225 e. The predicted octanol–water partition coefficient (Wildman–Crippen LogP) is 2.48.